The molecule has 1 N–H and O–H groups in total. The SMILES string of the molecule is C=C1CCCC(NCC2C3CC4CC(C3)CC2C4)C1. The second-order valence-corrected chi connectivity index (χ2v) is 8.05. The van der Waals surface area contributed by atoms with Gasteiger partial charge in [0.2, 0.25) is 0 Å². The molecule has 0 radical (unpaired) electrons. The quantitative estimate of drug-likeness (QED) is 0.751. The zero-order valence-corrected chi connectivity index (χ0v) is 12.2. The van der Waals surface area contributed by atoms with E-state index in [4.69, 9.17) is 0 Å². The Bertz CT molecular complexity index is 331. The number of nitrogens with one attached hydrogen (secondary N) is 1. The van der Waals surface area contributed by atoms with Crippen molar-refractivity contribution in [3.63, 3.8) is 0 Å². The molecule has 0 spiro atoms. The molecule has 0 aromatic heterocycles. The van der Waals surface area contributed by atoms with Crippen molar-refractivity contribution in [1.29, 1.82) is 0 Å². The second-order valence-electron chi connectivity index (χ2n) is 8.05. The van der Waals surface area contributed by atoms with Gasteiger partial charge in [-0.1, -0.05) is 12.2 Å². The second kappa shape index (κ2) is 4.91. The number of rotatable bonds is 3. The van der Waals surface area contributed by atoms with Gasteiger partial charge in [0.25, 0.3) is 0 Å². The molecule has 5 aliphatic carbocycles. The average molecular weight is 259 g/mol. The minimum Gasteiger partial charge on any atom is -0.313 e. The van der Waals surface area contributed by atoms with Crippen LogP contribution >= 0.6 is 0 Å². The molecule has 1 unspecified atom stereocenters. The van der Waals surface area contributed by atoms with Crippen LogP contribution in [0.15, 0.2) is 12.2 Å². The highest BCUT2D eigenvalue weighted by Gasteiger charge is 2.47. The predicted molar refractivity (Wildman–Crippen MR) is 79.9 cm³/mol. The van der Waals surface area contributed by atoms with Crippen LogP contribution in [-0.4, -0.2) is 12.6 Å². The summed E-state index contributed by atoms with van der Waals surface area (Å²) in [7, 11) is 0. The minimum atomic E-state index is 0.749. The zero-order chi connectivity index (χ0) is 12.8. The van der Waals surface area contributed by atoms with Crippen molar-refractivity contribution in [1.82, 2.24) is 5.32 Å². The third-order valence-corrected chi connectivity index (χ3v) is 6.68. The Labute approximate surface area is 118 Å². The van der Waals surface area contributed by atoms with Gasteiger partial charge in [-0.3, -0.25) is 0 Å². The lowest BCUT2D eigenvalue weighted by atomic mass is 9.52. The first kappa shape index (κ1) is 12.4. The molecule has 106 valence electrons. The summed E-state index contributed by atoms with van der Waals surface area (Å²) in [5, 5.41) is 3.92. The van der Waals surface area contributed by atoms with E-state index in [-0.39, 0.29) is 0 Å². The first-order chi connectivity index (χ1) is 9.28. The zero-order valence-electron chi connectivity index (χ0n) is 12.2. The molecule has 0 amide bonds. The average Bonchev–Trinajstić information content (AvgIpc) is 2.37. The molecule has 0 aliphatic heterocycles. The van der Waals surface area contributed by atoms with Crippen LogP contribution < -0.4 is 5.32 Å². The molecule has 1 atom stereocenters. The summed E-state index contributed by atoms with van der Waals surface area (Å²) < 4.78 is 0. The first-order valence-corrected chi connectivity index (χ1v) is 8.68. The smallest absolute Gasteiger partial charge is 0.0104 e. The molecular formula is C18H29N. The van der Waals surface area contributed by atoms with Crippen LogP contribution in [0.2, 0.25) is 0 Å². The van der Waals surface area contributed by atoms with E-state index in [9.17, 15) is 0 Å². The number of hydrogen-bond donors (Lipinski definition) is 1. The van der Waals surface area contributed by atoms with Crippen LogP contribution in [0.25, 0.3) is 0 Å². The molecule has 5 saturated carbocycles. The molecule has 0 aromatic rings. The van der Waals surface area contributed by atoms with Gasteiger partial charge in [-0.15, -0.1) is 0 Å². The van der Waals surface area contributed by atoms with Crippen molar-refractivity contribution in [2.75, 3.05) is 6.54 Å². The molecule has 0 aromatic carbocycles. The summed E-state index contributed by atoms with van der Waals surface area (Å²) in [6.07, 6.45) is 13.1. The Morgan fingerprint density at radius 3 is 2.32 bits per heavy atom. The van der Waals surface area contributed by atoms with Crippen LogP contribution in [0.3, 0.4) is 0 Å². The summed E-state index contributed by atoms with van der Waals surface area (Å²) >= 11 is 0. The summed E-state index contributed by atoms with van der Waals surface area (Å²) in [4.78, 5) is 0. The third-order valence-electron chi connectivity index (χ3n) is 6.68. The Kier molecular flexibility index (Phi) is 3.22. The molecule has 1 nitrogen and oxygen atoms in total. The van der Waals surface area contributed by atoms with E-state index in [0.29, 0.717) is 0 Å². The van der Waals surface area contributed by atoms with Crippen molar-refractivity contribution >= 4 is 0 Å². The van der Waals surface area contributed by atoms with Crippen molar-refractivity contribution in [3.05, 3.63) is 12.2 Å². The highest BCUT2D eigenvalue weighted by Crippen LogP contribution is 2.56. The van der Waals surface area contributed by atoms with Crippen LogP contribution in [0.5, 0.6) is 0 Å². The van der Waals surface area contributed by atoms with Crippen LogP contribution in [0.4, 0.5) is 0 Å². The maximum Gasteiger partial charge on any atom is 0.0104 e. The molecule has 19 heavy (non-hydrogen) atoms. The van der Waals surface area contributed by atoms with Gasteiger partial charge in [-0.25, -0.2) is 0 Å². The minimum absolute atomic E-state index is 0.749. The maximum atomic E-state index is 4.19. The summed E-state index contributed by atoms with van der Waals surface area (Å²) in [5.41, 5.74) is 1.48. The van der Waals surface area contributed by atoms with Gasteiger partial charge in [-0.2, -0.15) is 0 Å². The Hall–Kier alpha value is -0.300. The van der Waals surface area contributed by atoms with Crippen molar-refractivity contribution in [3.8, 4) is 0 Å². The molecule has 5 fully saturated rings. The van der Waals surface area contributed by atoms with E-state index < -0.39 is 0 Å². The lowest BCUT2D eigenvalue weighted by molar-refractivity contribution is -0.0364. The summed E-state index contributed by atoms with van der Waals surface area (Å²) in [6, 6.07) is 0.749. The Balaban J connectivity index is 1.34. The summed E-state index contributed by atoms with van der Waals surface area (Å²) in [6.45, 7) is 5.50. The maximum absolute atomic E-state index is 4.19. The topological polar surface area (TPSA) is 12.0 Å². The van der Waals surface area contributed by atoms with Crippen molar-refractivity contribution < 1.29 is 0 Å². The Morgan fingerprint density at radius 2 is 1.68 bits per heavy atom. The molecule has 4 bridgehead atoms. The van der Waals surface area contributed by atoms with Gasteiger partial charge in [0.05, 0.1) is 0 Å². The van der Waals surface area contributed by atoms with Crippen molar-refractivity contribution in [2.45, 2.75) is 63.8 Å². The lowest BCUT2D eigenvalue weighted by Gasteiger charge is -2.54. The van der Waals surface area contributed by atoms with E-state index in [1.165, 1.54) is 37.8 Å². The third kappa shape index (κ3) is 2.39. The summed E-state index contributed by atoms with van der Waals surface area (Å²) in [5.74, 6) is 5.41. The predicted octanol–water partition coefficient (Wildman–Crippen LogP) is 4.15. The van der Waals surface area contributed by atoms with Gasteiger partial charge in [0.1, 0.15) is 0 Å². The highest BCUT2D eigenvalue weighted by atomic mass is 14.9. The number of hydrogen-bond acceptors (Lipinski definition) is 1. The fraction of sp³-hybridized carbons (Fsp3) is 0.889. The fourth-order valence-electron chi connectivity index (χ4n) is 6.00. The van der Waals surface area contributed by atoms with Gasteiger partial charge in [-0.05, 0) is 93.9 Å². The van der Waals surface area contributed by atoms with E-state index in [1.807, 2.05) is 0 Å². The molecule has 0 saturated heterocycles. The van der Waals surface area contributed by atoms with Crippen LogP contribution in [0, 0.1) is 29.6 Å². The largest absolute Gasteiger partial charge is 0.313 e. The van der Waals surface area contributed by atoms with E-state index in [0.717, 1.165) is 35.6 Å². The van der Waals surface area contributed by atoms with Gasteiger partial charge < -0.3 is 5.32 Å². The van der Waals surface area contributed by atoms with E-state index >= 15 is 0 Å². The molecular weight excluding hydrogens is 230 g/mol. The van der Waals surface area contributed by atoms with Crippen LogP contribution in [0.1, 0.15) is 57.8 Å². The fourth-order valence-corrected chi connectivity index (χ4v) is 6.00. The highest BCUT2D eigenvalue weighted by molar-refractivity contribution is 5.03. The molecule has 5 aliphatic rings. The first-order valence-electron chi connectivity index (χ1n) is 8.68. The molecule has 1 heteroatoms. The lowest BCUT2D eigenvalue weighted by Crippen LogP contribution is -2.49. The standard InChI is InChI=1S/C18H29N/c1-12-3-2-4-17(5-12)19-11-18-15-7-13-6-14(9-15)10-16(18)8-13/h13-19H,1-11H2. The normalized spacial score (nSPS) is 48.7. The molecule has 5 rings (SSSR count). The van der Waals surface area contributed by atoms with Crippen molar-refractivity contribution in [2.24, 2.45) is 29.6 Å². The Morgan fingerprint density at radius 1 is 1.00 bits per heavy atom. The van der Waals surface area contributed by atoms with Gasteiger partial charge >= 0.3 is 0 Å². The van der Waals surface area contributed by atoms with Gasteiger partial charge in [0.15, 0.2) is 0 Å². The van der Waals surface area contributed by atoms with Crippen LogP contribution in [-0.2, 0) is 0 Å². The van der Waals surface area contributed by atoms with E-state index in [1.54, 1.807) is 32.1 Å². The van der Waals surface area contributed by atoms with Gasteiger partial charge in [0, 0.05) is 6.04 Å². The molecule has 0 heterocycles. The monoisotopic (exact) mass is 259 g/mol. The van der Waals surface area contributed by atoms with E-state index in [2.05, 4.69) is 11.9 Å².